The Kier molecular flexibility index (Phi) is 12.3. The molecule has 8 aromatic carbocycles. The van der Waals surface area contributed by atoms with Gasteiger partial charge in [0.15, 0.2) is 0 Å². The molecule has 4 aromatic heterocycles. The number of thiophene rings is 4. The minimum Gasteiger partial charge on any atom is -0.192 e. The van der Waals surface area contributed by atoms with Crippen LogP contribution in [0.2, 0.25) is 0 Å². The predicted octanol–water partition coefficient (Wildman–Crippen LogP) is 15.4. The largest absolute Gasteiger partial charge is 0.192 e. The molecule has 74 heavy (non-hydrogen) atoms. The lowest BCUT2D eigenvalue weighted by molar-refractivity contribution is 1.51. The van der Waals surface area contributed by atoms with Gasteiger partial charge in [0.05, 0.1) is 9.06 Å². The van der Waals surface area contributed by atoms with Gasteiger partial charge in [-0.1, -0.05) is 146 Å². The topological polar surface area (TPSA) is 95.2 Å². The number of nitrogens with zero attached hydrogens (tertiary/aromatic N) is 4. The summed E-state index contributed by atoms with van der Waals surface area (Å²) in [5.74, 6) is 0. The van der Waals surface area contributed by atoms with Gasteiger partial charge >= 0.3 is 0 Å². The normalized spacial score (nSPS) is 11.6. The first-order valence-electron chi connectivity index (χ1n) is 23.7. The molecule has 0 unspecified atom stereocenters. The van der Waals surface area contributed by atoms with Gasteiger partial charge in [0, 0.05) is 28.6 Å². The zero-order chi connectivity index (χ0) is 50.1. The Hall–Kier alpha value is -9.22. The predicted molar refractivity (Wildman–Crippen MR) is 311 cm³/mol. The number of benzene rings is 8. The van der Waals surface area contributed by atoms with Crippen molar-refractivity contribution in [3.8, 4) is 89.7 Å². The fourth-order valence-corrected chi connectivity index (χ4v) is 13.9. The second kappa shape index (κ2) is 19.8. The second-order valence-corrected chi connectivity index (χ2v) is 22.0. The van der Waals surface area contributed by atoms with Crippen LogP contribution in [0.25, 0.3) is 121 Å². The molecule has 0 amide bonds. The van der Waals surface area contributed by atoms with Crippen molar-refractivity contribution in [1.29, 1.82) is 21.0 Å². The number of rotatable bonds is 8. The van der Waals surface area contributed by atoms with E-state index in [4.69, 9.17) is 0 Å². The van der Waals surface area contributed by atoms with Crippen LogP contribution in [0.15, 0.2) is 206 Å². The summed E-state index contributed by atoms with van der Waals surface area (Å²) in [6.45, 7) is 0. The summed E-state index contributed by atoms with van der Waals surface area (Å²) < 4.78 is 3.31. The van der Waals surface area contributed by atoms with Crippen LogP contribution in [-0.2, 0) is 0 Å². The van der Waals surface area contributed by atoms with E-state index in [1.807, 2.05) is 48.5 Å². The summed E-state index contributed by atoms with van der Waals surface area (Å²) in [7, 11) is 0. The SMILES string of the molecule is N#CC(C#N)=c1cc/c(=C/c2ccc(-c3ccc4c(-c5ccccc5)c5c(-c6ccccc6)c6cc(-c7ccc(/C=c8/ccc(=C(C#N)C#N)s8)s7)ccc6c(-c6ccccc6)c5c(-c5ccccc5)c4c3)s2)s1. The van der Waals surface area contributed by atoms with Gasteiger partial charge in [-0.25, -0.2) is 0 Å². The third-order valence-corrected chi connectivity index (χ3v) is 17.5. The van der Waals surface area contributed by atoms with Crippen molar-refractivity contribution in [2.24, 2.45) is 0 Å². The zero-order valence-corrected chi connectivity index (χ0v) is 42.5. The first-order valence-corrected chi connectivity index (χ1v) is 27.0. The van der Waals surface area contributed by atoms with Crippen LogP contribution in [0, 0.1) is 45.3 Å². The molecule has 0 aliphatic heterocycles. The summed E-state index contributed by atoms with van der Waals surface area (Å²) in [5.41, 5.74) is 11.7. The standard InChI is InChI=1S/C66H36N4S4/c67-37-47(38-68)59-31-25-51(73-59)35-49-23-29-57(71-49)45-21-27-53-55(33-45)64(44-19-11-4-12-20-44)66-62(42-15-7-2-8-16-42)54-28-22-46(58-30-24-50(72-58)36-52-26-32-60(74-52)48(39-69)40-70)34-56(54)63(43-17-9-3-10-18-43)65(66)61(53)41-13-5-1-6-14-41/h1-36H/b51-35-,52-36-. The highest BCUT2D eigenvalue weighted by molar-refractivity contribution is 7.17. The third kappa shape index (κ3) is 8.41. The minimum absolute atomic E-state index is 0.126. The summed E-state index contributed by atoms with van der Waals surface area (Å²) in [6, 6.07) is 81.8. The Morgan fingerprint density at radius 2 is 0.649 bits per heavy atom. The van der Waals surface area contributed by atoms with Gasteiger partial charge in [-0.15, -0.1) is 45.3 Å². The lowest BCUT2D eigenvalue weighted by Crippen LogP contribution is -1.98. The Balaban J connectivity index is 1.18. The monoisotopic (exact) mass is 1010 g/mol. The Bertz CT molecular complexity index is 4300. The van der Waals surface area contributed by atoms with Crippen LogP contribution >= 0.6 is 45.3 Å². The maximum absolute atomic E-state index is 9.48. The van der Waals surface area contributed by atoms with Gasteiger partial charge in [-0.05, 0) is 161 Å². The summed E-state index contributed by atoms with van der Waals surface area (Å²) in [4.78, 5) is 4.44. The smallest absolute Gasteiger partial charge is 0.146 e. The molecule has 0 fully saturated rings. The fraction of sp³-hybridized carbons (Fsp3) is 0. The Labute approximate surface area is 442 Å². The molecule has 8 heteroatoms. The second-order valence-electron chi connectivity index (χ2n) is 17.5. The van der Waals surface area contributed by atoms with Crippen LogP contribution in [-0.4, -0.2) is 0 Å². The Morgan fingerprint density at radius 1 is 0.311 bits per heavy atom. The van der Waals surface area contributed by atoms with E-state index in [1.54, 1.807) is 22.7 Å². The molecular weight excluding hydrogens is 977 g/mol. The van der Waals surface area contributed by atoms with Crippen molar-refractivity contribution in [3.63, 3.8) is 0 Å². The van der Waals surface area contributed by atoms with Gasteiger partial charge < -0.3 is 0 Å². The van der Waals surface area contributed by atoms with Gasteiger partial charge in [-0.2, -0.15) is 21.0 Å². The summed E-state index contributed by atoms with van der Waals surface area (Å²) in [5, 5.41) is 44.9. The van der Waals surface area contributed by atoms with E-state index in [9.17, 15) is 21.0 Å². The maximum Gasteiger partial charge on any atom is 0.146 e. The molecule has 0 aliphatic carbocycles. The third-order valence-electron chi connectivity index (χ3n) is 13.2. The van der Waals surface area contributed by atoms with Crippen molar-refractivity contribution in [3.05, 3.63) is 234 Å². The first kappa shape index (κ1) is 45.9. The molecule has 12 rings (SSSR count). The fourth-order valence-electron chi connectivity index (χ4n) is 10.0. The van der Waals surface area contributed by atoms with E-state index in [2.05, 4.69) is 194 Å². The van der Waals surface area contributed by atoms with Crippen molar-refractivity contribution in [2.75, 3.05) is 0 Å². The Morgan fingerprint density at radius 3 is 0.986 bits per heavy atom. The number of hydrogen-bond donors (Lipinski definition) is 0. The quantitative estimate of drug-likeness (QED) is 0.142. The van der Waals surface area contributed by atoms with Gasteiger partial charge in [-0.3, -0.25) is 0 Å². The molecule has 0 N–H and O–H groups in total. The highest BCUT2D eigenvalue weighted by Crippen LogP contribution is 2.54. The van der Waals surface area contributed by atoms with Gasteiger partial charge in [0.2, 0.25) is 0 Å². The molecule has 344 valence electrons. The van der Waals surface area contributed by atoms with Crippen molar-refractivity contribution in [1.82, 2.24) is 0 Å². The lowest BCUT2D eigenvalue weighted by Gasteiger charge is -2.26. The van der Waals surface area contributed by atoms with Crippen molar-refractivity contribution < 1.29 is 0 Å². The van der Waals surface area contributed by atoms with Crippen LogP contribution < -0.4 is 18.1 Å². The van der Waals surface area contributed by atoms with Crippen molar-refractivity contribution in [2.45, 2.75) is 0 Å². The number of fused-ring (bicyclic) bond motifs is 3. The molecule has 4 nitrogen and oxygen atoms in total. The first-order chi connectivity index (χ1) is 36.5. The molecule has 12 aromatic rings. The zero-order valence-electron chi connectivity index (χ0n) is 39.2. The molecule has 0 spiro atoms. The van der Waals surface area contributed by atoms with E-state index in [0.717, 1.165) is 83.5 Å². The van der Waals surface area contributed by atoms with E-state index in [0.29, 0.717) is 9.06 Å². The van der Waals surface area contributed by atoms with Crippen molar-refractivity contribution >= 4 is 101 Å². The number of hydrogen-bond acceptors (Lipinski definition) is 8. The molecule has 0 radical (unpaired) electrons. The highest BCUT2D eigenvalue weighted by atomic mass is 32.1. The molecule has 0 atom stereocenters. The average molecular weight is 1010 g/mol. The highest BCUT2D eigenvalue weighted by Gasteiger charge is 2.27. The molecule has 0 saturated carbocycles. The molecular formula is C66H36N4S4. The molecule has 0 aliphatic rings. The molecule has 0 bridgehead atoms. The molecule has 0 saturated heterocycles. The lowest BCUT2D eigenvalue weighted by atomic mass is 9.77. The van der Waals surface area contributed by atoms with Gasteiger partial charge in [0.1, 0.15) is 35.4 Å². The van der Waals surface area contributed by atoms with E-state index in [1.165, 1.54) is 55.7 Å². The van der Waals surface area contributed by atoms with E-state index >= 15 is 0 Å². The van der Waals surface area contributed by atoms with E-state index < -0.39 is 0 Å². The number of nitriles is 4. The van der Waals surface area contributed by atoms with E-state index in [-0.39, 0.29) is 11.1 Å². The van der Waals surface area contributed by atoms with Gasteiger partial charge in [0.25, 0.3) is 0 Å². The minimum atomic E-state index is 0.126. The average Bonchev–Trinajstić information content (AvgIpc) is 4.31. The van der Waals surface area contributed by atoms with Crippen LogP contribution in [0.5, 0.6) is 0 Å². The van der Waals surface area contributed by atoms with Crippen LogP contribution in [0.1, 0.15) is 9.75 Å². The summed E-state index contributed by atoms with van der Waals surface area (Å²) in [6.07, 6.45) is 4.25. The maximum atomic E-state index is 9.48. The molecule has 4 heterocycles. The van der Waals surface area contributed by atoms with Crippen LogP contribution in [0.3, 0.4) is 0 Å². The summed E-state index contributed by atoms with van der Waals surface area (Å²) >= 11 is 6.34. The van der Waals surface area contributed by atoms with Crippen LogP contribution in [0.4, 0.5) is 0 Å².